The van der Waals surface area contributed by atoms with Gasteiger partial charge in [-0.1, -0.05) is 30.3 Å². The lowest BCUT2D eigenvalue weighted by Gasteiger charge is -1.98. The summed E-state index contributed by atoms with van der Waals surface area (Å²) in [6.07, 6.45) is 5.73. The summed E-state index contributed by atoms with van der Waals surface area (Å²) in [7, 11) is 0. The Bertz CT molecular complexity index is 256. The Hall–Kier alpha value is -0.950. The fraction of sp³-hybridized carbons (Fsp3) is 0.333. The molecule has 0 spiro atoms. The zero-order chi connectivity index (χ0) is 10.1. The summed E-state index contributed by atoms with van der Waals surface area (Å²) < 4.78 is 5.30. The molecule has 0 aliphatic heterocycles. The first-order valence-corrected chi connectivity index (χ1v) is 5.36. The zero-order valence-electron chi connectivity index (χ0n) is 8.16. The highest BCUT2D eigenvalue weighted by molar-refractivity contribution is 6.17. The van der Waals surface area contributed by atoms with Crippen LogP contribution in [0.25, 0.3) is 6.08 Å². The van der Waals surface area contributed by atoms with Crippen LogP contribution in [0.1, 0.15) is 18.4 Å². The van der Waals surface area contributed by atoms with Gasteiger partial charge in [-0.05, 0) is 24.5 Å². The van der Waals surface area contributed by atoms with Gasteiger partial charge in [-0.2, -0.15) is 0 Å². The normalized spacial score (nSPS) is 10.6. The van der Waals surface area contributed by atoms with E-state index in [0.717, 1.165) is 25.0 Å². The molecule has 2 heteroatoms. The number of rotatable bonds is 6. The first-order valence-electron chi connectivity index (χ1n) is 4.82. The molecule has 0 fully saturated rings. The van der Waals surface area contributed by atoms with E-state index in [1.54, 1.807) is 6.26 Å². The number of halogens is 1. The molecule has 0 saturated carbocycles. The van der Waals surface area contributed by atoms with Gasteiger partial charge in [0.2, 0.25) is 0 Å². The monoisotopic (exact) mass is 210 g/mol. The molecule has 1 aromatic carbocycles. The third-order valence-electron chi connectivity index (χ3n) is 1.80. The zero-order valence-corrected chi connectivity index (χ0v) is 8.91. The van der Waals surface area contributed by atoms with E-state index in [1.165, 1.54) is 0 Å². The second kappa shape index (κ2) is 7.45. The van der Waals surface area contributed by atoms with Crippen LogP contribution in [0.5, 0.6) is 0 Å². The first-order chi connectivity index (χ1) is 6.93. The third-order valence-corrected chi connectivity index (χ3v) is 2.07. The van der Waals surface area contributed by atoms with E-state index in [9.17, 15) is 0 Å². The number of unbranched alkanes of at least 4 members (excludes halogenated alkanes) is 1. The van der Waals surface area contributed by atoms with Crippen molar-refractivity contribution < 1.29 is 4.74 Å². The van der Waals surface area contributed by atoms with Crippen LogP contribution in [-0.4, -0.2) is 12.5 Å². The number of ether oxygens (including phenoxy) is 1. The number of hydrogen-bond acceptors (Lipinski definition) is 1. The van der Waals surface area contributed by atoms with Crippen LogP contribution in [-0.2, 0) is 4.74 Å². The van der Waals surface area contributed by atoms with Crippen LogP contribution in [0.15, 0.2) is 36.6 Å². The quantitative estimate of drug-likeness (QED) is 0.395. The summed E-state index contributed by atoms with van der Waals surface area (Å²) in [5, 5.41) is 0. The number of alkyl halides is 1. The Kier molecular flexibility index (Phi) is 5.92. The molecule has 0 aliphatic carbocycles. The predicted octanol–water partition coefficient (Wildman–Crippen LogP) is 3.69. The topological polar surface area (TPSA) is 9.23 Å². The van der Waals surface area contributed by atoms with Crippen molar-refractivity contribution in [3.8, 4) is 0 Å². The Morgan fingerprint density at radius 2 is 1.93 bits per heavy atom. The summed E-state index contributed by atoms with van der Waals surface area (Å²) >= 11 is 5.54. The van der Waals surface area contributed by atoms with Gasteiger partial charge in [0.05, 0.1) is 12.9 Å². The molecular weight excluding hydrogens is 196 g/mol. The predicted molar refractivity (Wildman–Crippen MR) is 61.4 cm³/mol. The average Bonchev–Trinajstić information content (AvgIpc) is 2.25. The second-order valence-electron chi connectivity index (χ2n) is 2.98. The summed E-state index contributed by atoms with van der Waals surface area (Å²) in [6.45, 7) is 0.746. The standard InChI is InChI=1S/C12H15ClO/c13-9-4-5-10-14-11-8-12-6-2-1-3-7-12/h1-3,6-8,11H,4-5,9-10H2. The van der Waals surface area contributed by atoms with Gasteiger partial charge in [0.15, 0.2) is 0 Å². The minimum atomic E-state index is 0.714. The smallest absolute Gasteiger partial charge is 0.0873 e. The molecule has 0 bridgehead atoms. The molecule has 0 heterocycles. The molecule has 0 atom stereocenters. The van der Waals surface area contributed by atoms with E-state index in [0.29, 0.717) is 5.88 Å². The van der Waals surface area contributed by atoms with Crippen molar-refractivity contribution in [2.24, 2.45) is 0 Å². The van der Waals surface area contributed by atoms with Crippen LogP contribution in [0.4, 0.5) is 0 Å². The molecule has 1 aromatic rings. The summed E-state index contributed by atoms with van der Waals surface area (Å²) in [5.74, 6) is 0.714. The largest absolute Gasteiger partial charge is 0.501 e. The van der Waals surface area contributed by atoms with Crippen molar-refractivity contribution in [3.05, 3.63) is 42.2 Å². The molecule has 0 unspecified atom stereocenters. The lowest BCUT2D eigenvalue weighted by atomic mass is 10.2. The summed E-state index contributed by atoms with van der Waals surface area (Å²) in [6, 6.07) is 10.1. The molecule has 0 saturated heterocycles. The van der Waals surface area contributed by atoms with E-state index in [-0.39, 0.29) is 0 Å². The molecule has 0 amide bonds. The summed E-state index contributed by atoms with van der Waals surface area (Å²) in [5.41, 5.74) is 1.16. The van der Waals surface area contributed by atoms with E-state index in [2.05, 4.69) is 0 Å². The SMILES string of the molecule is ClCCCCOC=Cc1ccccc1. The molecule has 0 radical (unpaired) electrons. The van der Waals surface area contributed by atoms with Crippen LogP contribution in [0.2, 0.25) is 0 Å². The van der Waals surface area contributed by atoms with Crippen molar-refractivity contribution in [2.45, 2.75) is 12.8 Å². The lowest BCUT2D eigenvalue weighted by molar-refractivity contribution is 0.246. The molecule has 14 heavy (non-hydrogen) atoms. The van der Waals surface area contributed by atoms with Crippen molar-refractivity contribution in [1.29, 1.82) is 0 Å². The van der Waals surface area contributed by atoms with E-state index < -0.39 is 0 Å². The van der Waals surface area contributed by atoms with Gasteiger partial charge in [0, 0.05) is 5.88 Å². The lowest BCUT2D eigenvalue weighted by Crippen LogP contribution is -1.87. The maximum absolute atomic E-state index is 5.54. The van der Waals surface area contributed by atoms with Crippen LogP contribution in [0, 0.1) is 0 Å². The maximum Gasteiger partial charge on any atom is 0.0873 e. The molecule has 0 N–H and O–H groups in total. The average molecular weight is 211 g/mol. The van der Waals surface area contributed by atoms with Gasteiger partial charge in [0.25, 0.3) is 0 Å². The van der Waals surface area contributed by atoms with Crippen LogP contribution >= 0.6 is 11.6 Å². The fourth-order valence-electron chi connectivity index (χ4n) is 1.04. The first kappa shape index (κ1) is 11.1. The van der Waals surface area contributed by atoms with E-state index in [1.807, 2.05) is 36.4 Å². The van der Waals surface area contributed by atoms with Crippen molar-refractivity contribution >= 4 is 17.7 Å². The Balaban J connectivity index is 2.15. The molecule has 76 valence electrons. The van der Waals surface area contributed by atoms with Gasteiger partial charge in [-0.15, -0.1) is 11.6 Å². The van der Waals surface area contributed by atoms with Crippen LogP contribution < -0.4 is 0 Å². The molecule has 1 nitrogen and oxygen atoms in total. The van der Waals surface area contributed by atoms with E-state index >= 15 is 0 Å². The highest BCUT2D eigenvalue weighted by Crippen LogP contribution is 2.01. The van der Waals surface area contributed by atoms with Gasteiger partial charge < -0.3 is 4.74 Å². The van der Waals surface area contributed by atoms with Crippen molar-refractivity contribution in [1.82, 2.24) is 0 Å². The minimum absolute atomic E-state index is 0.714. The summed E-state index contributed by atoms with van der Waals surface area (Å²) in [4.78, 5) is 0. The second-order valence-corrected chi connectivity index (χ2v) is 3.36. The fourth-order valence-corrected chi connectivity index (χ4v) is 1.23. The molecule has 1 rings (SSSR count). The molecule has 0 aromatic heterocycles. The Morgan fingerprint density at radius 3 is 2.64 bits per heavy atom. The highest BCUT2D eigenvalue weighted by Gasteiger charge is 1.85. The van der Waals surface area contributed by atoms with Gasteiger partial charge in [-0.3, -0.25) is 0 Å². The van der Waals surface area contributed by atoms with Crippen molar-refractivity contribution in [3.63, 3.8) is 0 Å². The Morgan fingerprint density at radius 1 is 1.14 bits per heavy atom. The number of hydrogen-bond donors (Lipinski definition) is 0. The molecular formula is C12H15ClO. The van der Waals surface area contributed by atoms with Crippen LogP contribution in [0.3, 0.4) is 0 Å². The van der Waals surface area contributed by atoms with Crippen molar-refractivity contribution in [2.75, 3.05) is 12.5 Å². The Labute approximate surface area is 90.3 Å². The molecule has 0 aliphatic rings. The third kappa shape index (κ3) is 4.93. The van der Waals surface area contributed by atoms with E-state index in [4.69, 9.17) is 16.3 Å². The maximum atomic E-state index is 5.54. The van der Waals surface area contributed by atoms with Gasteiger partial charge in [0.1, 0.15) is 0 Å². The van der Waals surface area contributed by atoms with Gasteiger partial charge in [-0.25, -0.2) is 0 Å². The highest BCUT2D eigenvalue weighted by atomic mass is 35.5. The minimum Gasteiger partial charge on any atom is -0.501 e. The van der Waals surface area contributed by atoms with Gasteiger partial charge >= 0.3 is 0 Å². The number of benzene rings is 1.